The fraction of sp³-hybridized carbons (Fsp3) is 0.778. The number of rotatable bonds is 2. The lowest BCUT2D eigenvalue weighted by Gasteiger charge is -2.19. The van der Waals surface area contributed by atoms with Crippen molar-refractivity contribution in [2.24, 2.45) is 5.16 Å². The Morgan fingerprint density at radius 3 is 2.47 bits per heavy atom. The maximum Gasteiger partial charge on any atom is 0.278 e. The molecule has 0 aromatic carbocycles. The first-order valence-electron chi connectivity index (χ1n) is 4.95. The molecule has 0 aromatic heterocycles. The Hall–Kier alpha value is -1.22. The molecule has 0 amide bonds. The van der Waals surface area contributed by atoms with Crippen LogP contribution in [0.25, 0.3) is 0 Å². The summed E-state index contributed by atoms with van der Waals surface area (Å²) >= 11 is 0. The summed E-state index contributed by atoms with van der Waals surface area (Å²) < 4.78 is 5.48. The third kappa shape index (κ3) is 2.86. The van der Waals surface area contributed by atoms with E-state index in [0.717, 1.165) is 5.96 Å². The molecule has 15 heavy (non-hydrogen) atoms. The van der Waals surface area contributed by atoms with Crippen LogP contribution < -0.4 is 0 Å². The van der Waals surface area contributed by atoms with E-state index in [4.69, 9.17) is 9.79 Å². The van der Waals surface area contributed by atoms with Crippen LogP contribution in [-0.2, 0) is 4.53 Å². The molecule has 5 nitrogen and oxygen atoms in total. The summed E-state index contributed by atoms with van der Waals surface area (Å²) in [7, 11) is 2.14. The van der Waals surface area contributed by atoms with Crippen molar-refractivity contribution in [2.75, 3.05) is 20.6 Å². The first-order chi connectivity index (χ1) is 6.85. The highest BCUT2D eigenvalue weighted by molar-refractivity contribution is 6.69. The van der Waals surface area contributed by atoms with Crippen molar-refractivity contribution in [2.45, 2.75) is 25.7 Å². The summed E-state index contributed by atoms with van der Waals surface area (Å²) in [4.78, 5) is 3.79. The van der Waals surface area contributed by atoms with Gasteiger partial charge in [0.25, 0.3) is 8.32 Å². The van der Waals surface area contributed by atoms with Crippen LogP contribution in [0.3, 0.4) is 0 Å². The zero-order valence-electron chi connectivity index (χ0n) is 9.98. The molecule has 0 aromatic rings. The Labute approximate surface area is 92.0 Å². The molecule has 0 radical (unpaired) electrons. The highest BCUT2D eigenvalue weighted by Crippen LogP contribution is 2.13. The van der Waals surface area contributed by atoms with Crippen molar-refractivity contribution < 1.29 is 4.53 Å². The zero-order chi connectivity index (χ0) is 11.6. The predicted octanol–water partition coefficient (Wildman–Crippen LogP) is 0.878. The van der Waals surface area contributed by atoms with Crippen LogP contribution in [0.15, 0.2) is 5.16 Å². The number of guanidine groups is 1. The highest BCUT2D eigenvalue weighted by Gasteiger charge is 2.31. The lowest BCUT2D eigenvalue weighted by atomic mass is 10.3. The van der Waals surface area contributed by atoms with Gasteiger partial charge in [-0.2, -0.15) is 5.26 Å². The first-order valence-corrected chi connectivity index (χ1v) is 8.36. The molecule has 0 bridgehead atoms. The molecule has 0 aliphatic carbocycles. The molecule has 0 N–H and O–H groups in total. The molecule has 1 aliphatic heterocycles. The molecule has 1 unspecified atom stereocenters. The van der Waals surface area contributed by atoms with Crippen LogP contribution in [0.5, 0.6) is 0 Å². The minimum Gasteiger partial charge on any atom is -0.453 e. The Bertz CT molecular complexity index is 304. The van der Waals surface area contributed by atoms with Gasteiger partial charge in [0, 0.05) is 14.1 Å². The summed E-state index contributed by atoms with van der Waals surface area (Å²) in [6.45, 7) is 6.91. The van der Waals surface area contributed by atoms with Gasteiger partial charge in [-0.25, -0.2) is 0 Å². The second kappa shape index (κ2) is 4.11. The van der Waals surface area contributed by atoms with E-state index in [1.807, 2.05) is 23.9 Å². The number of likely N-dealkylation sites (N-methyl/N-ethyl adjacent to an activating group) is 2. The van der Waals surface area contributed by atoms with Gasteiger partial charge in [0.05, 0.1) is 12.6 Å². The number of oxime groups is 1. The van der Waals surface area contributed by atoms with Crippen molar-refractivity contribution >= 4 is 14.3 Å². The molecule has 0 saturated carbocycles. The first kappa shape index (κ1) is 11.8. The second-order valence-electron chi connectivity index (χ2n) is 4.73. The minimum atomic E-state index is -1.64. The zero-order valence-corrected chi connectivity index (χ0v) is 11.0. The summed E-state index contributed by atoms with van der Waals surface area (Å²) in [5.74, 6) is 0.740. The van der Waals surface area contributed by atoms with Gasteiger partial charge in [0.15, 0.2) is 0 Å². The fourth-order valence-electron chi connectivity index (χ4n) is 1.31. The summed E-state index contributed by atoms with van der Waals surface area (Å²) in [6, 6.07) is 2.10. The molecular weight excluding hydrogens is 208 g/mol. The Kier molecular flexibility index (Phi) is 3.24. The van der Waals surface area contributed by atoms with E-state index in [0.29, 0.717) is 6.54 Å². The highest BCUT2D eigenvalue weighted by atomic mass is 28.4. The van der Waals surface area contributed by atoms with Gasteiger partial charge < -0.3 is 14.3 Å². The van der Waals surface area contributed by atoms with Gasteiger partial charge in [-0.15, -0.1) is 0 Å². The molecule has 1 saturated heterocycles. The molecule has 1 heterocycles. The van der Waals surface area contributed by atoms with E-state index >= 15 is 0 Å². The van der Waals surface area contributed by atoms with E-state index < -0.39 is 8.32 Å². The third-order valence-corrected chi connectivity index (χ3v) is 2.76. The molecular formula is C9H18N4OSi. The topological polar surface area (TPSA) is 51.9 Å². The Balaban J connectivity index is 2.74. The van der Waals surface area contributed by atoms with Gasteiger partial charge >= 0.3 is 0 Å². The van der Waals surface area contributed by atoms with E-state index in [1.165, 1.54) is 0 Å². The quantitative estimate of drug-likeness (QED) is 0.518. The number of hydrogen-bond donors (Lipinski definition) is 0. The van der Waals surface area contributed by atoms with Crippen LogP contribution in [-0.4, -0.2) is 50.8 Å². The Morgan fingerprint density at radius 2 is 2.07 bits per heavy atom. The molecule has 0 spiro atoms. The molecule has 6 heteroatoms. The SMILES string of the molecule is CN1CC(C#N)N(C)/C1=N/O[Si](C)(C)C. The van der Waals surface area contributed by atoms with Crippen LogP contribution in [0, 0.1) is 11.3 Å². The predicted molar refractivity (Wildman–Crippen MR) is 61.7 cm³/mol. The van der Waals surface area contributed by atoms with Crippen molar-refractivity contribution in [1.82, 2.24) is 9.80 Å². The maximum absolute atomic E-state index is 8.89. The van der Waals surface area contributed by atoms with Crippen molar-refractivity contribution in [1.29, 1.82) is 5.26 Å². The normalized spacial score (nSPS) is 24.5. The van der Waals surface area contributed by atoms with Crippen LogP contribution in [0.4, 0.5) is 0 Å². The third-order valence-electron chi connectivity index (χ3n) is 2.12. The monoisotopic (exact) mass is 226 g/mol. The van der Waals surface area contributed by atoms with Crippen molar-refractivity contribution in [3.63, 3.8) is 0 Å². The van der Waals surface area contributed by atoms with E-state index in [2.05, 4.69) is 30.9 Å². The molecule has 1 rings (SSSR count). The van der Waals surface area contributed by atoms with E-state index in [9.17, 15) is 0 Å². The molecule has 1 atom stereocenters. The minimum absolute atomic E-state index is 0.126. The lowest BCUT2D eigenvalue weighted by molar-refractivity contribution is 0.316. The maximum atomic E-state index is 8.89. The number of hydrogen-bond acceptors (Lipinski definition) is 3. The van der Waals surface area contributed by atoms with Gasteiger partial charge in [-0.3, -0.25) is 0 Å². The number of nitriles is 1. The van der Waals surface area contributed by atoms with Gasteiger partial charge in [0.2, 0.25) is 5.96 Å². The largest absolute Gasteiger partial charge is 0.453 e. The summed E-state index contributed by atoms with van der Waals surface area (Å²) in [6.07, 6.45) is 0. The summed E-state index contributed by atoms with van der Waals surface area (Å²) in [5.41, 5.74) is 0. The standard InChI is InChI=1S/C9H18N4OSi/c1-12-7-8(6-10)13(2)9(12)11-14-15(3,4)5/h8H,7H2,1-5H3/b11-9+. The van der Waals surface area contributed by atoms with Crippen molar-refractivity contribution in [3.8, 4) is 6.07 Å². The average Bonchev–Trinajstić information content (AvgIpc) is 2.37. The van der Waals surface area contributed by atoms with Crippen LogP contribution in [0.1, 0.15) is 0 Å². The van der Waals surface area contributed by atoms with Crippen molar-refractivity contribution in [3.05, 3.63) is 0 Å². The number of nitrogens with zero attached hydrogens (tertiary/aromatic N) is 4. The molecule has 84 valence electrons. The molecule has 1 aliphatic rings. The van der Waals surface area contributed by atoms with E-state index in [-0.39, 0.29) is 6.04 Å². The fourth-order valence-corrected chi connectivity index (χ4v) is 1.67. The van der Waals surface area contributed by atoms with Crippen LogP contribution >= 0.6 is 0 Å². The Morgan fingerprint density at radius 1 is 1.47 bits per heavy atom. The average molecular weight is 226 g/mol. The smallest absolute Gasteiger partial charge is 0.278 e. The second-order valence-corrected chi connectivity index (χ2v) is 9.14. The van der Waals surface area contributed by atoms with Crippen LogP contribution in [0.2, 0.25) is 19.6 Å². The van der Waals surface area contributed by atoms with E-state index in [1.54, 1.807) is 0 Å². The summed E-state index contributed by atoms with van der Waals surface area (Å²) in [5, 5.41) is 13.0. The molecule has 1 fully saturated rings. The van der Waals surface area contributed by atoms with Gasteiger partial charge in [0.1, 0.15) is 6.04 Å². The van der Waals surface area contributed by atoms with Gasteiger partial charge in [-0.1, -0.05) is 5.16 Å². The lowest BCUT2D eigenvalue weighted by Crippen LogP contribution is -2.33. The van der Waals surface area contributed by atoms with Gasteiger partial charge in [-0.05, 0) is 19.6 Å².